The molecule has 1 saturated heterocycles. The van der Waals surface area contributed by atoms with E-state index in [4.69, 9.17) is 0 Å². The molecule has 0 saturated carbocycles. The van der Waals surface area contributed by atoms with Crippen LogP contribution in [0.5, 0.6) is 0 Å². The first kappa shape index (κ1) is 20.4. The zero-order valence-electron chi connectivity index (χ0n) is 15.4. The Morgan fingerprint density at radius 2 is 1.17 bits per heavy atom. The standard InChI is InChI=1S/C13H12.C5H11N.C4H11N/c1-3-7-12(8-4-1)11-13-9-5-2-6-10-13;1-2-4-6-5-3-1;1-3-5-4-2/h1-10H,11H2;6H,1-5H2;5H,3-4H2,1-2H3. The molecule has 3 rings (SSSR count). The van der Waals surface area contributed by atoms with E-state index < -0.39 is 0 Å². The molecule has 132 valence electrons. The van der Waals surface area contributed by atoms with Gasteiger partial charge in [0.15, 0.2) is 0 Å². The molecule has 0 radical (unpaired) electrons. The van der Waals surface area contributed by atoms with Gasteiger partial charge in [0.05, 0.1) is 0 Å². The third-order valence-corrected chi connectivity index (χ3v) is 3.80. The average Bonchev–Trinajstić information content (AvgIpc) is 2.67. The predicted molar refractivity (Wildman–Crippen MR) is 107 cm³/mol. The van der Waals surface area contributed by atoms with Crippen LogP contribution in [-0.4, -0.2) is 26.2 Å². The van der Waals surface area contributed by atoms with Gasteiger partial charge in [0.1, 0.15) is 0 Å². The van der Waals surface area contributed by atoms with Crippen molar-refractivity contribution < 1.29 is 0 Å². The molecule has 2 N–H and O–H groups in total. The van der Waals surface area contributed by atoms with Gasteiger partial charge in [-0.1, -0.05) is 80.9 Å². The van der Waals surface area contributed by atoms with E-state index in [9.17, 15) is 0 Å². The number of hydrogen-bond donors (Lipinski definition) is 2. The lowest BCUT2D eigenvalue weighted by atomic mass is 10.1. The highest BCUT2D eigenvalue weighted by molar-refractivity contribution is 5.25. The minimum atomic E-state index is 1.03. The lowest BCUT2D eigenvalue weighted by Crippen LogP contribution is -2.21. The number of benzene rings is 2. The molecule has 2 nitrogen and oxygen atoms in total. The van der Waals surface area contributed by atoms with Crippen LogP contribution in [0.15, 0.2) is 60.7 Å². The molecule has 2 heteroatoms. The van der Waals surface area contributed by atoms with E-state index in [0.29, 0.717) is 0 Å². The molecule has 1 heterocycles. The summed E-state index contributed by atoms with van der Waals surface area (Å²) in [6.45, 7) is 8.89. The maximum absolute atomic E-state index is 3.28. The highest BCUT2D eigenvalue weighted by Gasteiger charge is 1.94. The molecule has 0 unspecified atom stereocenters. The van der Waals surface area contributed by atoms with E-state index in [0.717, 1.165) is 19.5 Å². The van der Waals surface area contributed by atoms with Crippen LogP contribution in [0.3, 0.4) is 0 Å². The summed E-state index contributed by atoms with van der Waals surface area (Å²) in [7, 11) is 0. The summed E-state index contributed by atoms with van der Waals surface area (Å²) >= 11 is 0. The second-order valence-corrected chi connectivity index (χ2v) is 5.92. The molecule has 1 aliphatic heterocycles. The molecule has 0 aromatic heterocycles. The summed E-state index contributed by atoms with van der Waals surface area (Å²) in [5, 5.41) is 6.40. The predicted octanol–water partition coefficient (Wildman–Crippen LogP) is 4.65. The first-order chi connectivity index (χ1) is 11.9. The molecule has 0 bridgehead atoms. The Bertz CT molecular complexity index is 427. The third-order valence-electron chi connectivity index (χ3n) is 3.80. The van der Waals surface area contributed by atoms with Crippen molar-refractivity contribution in [1.29, 1.82) is 0 Å². The number of rotatable bonds is 4. The maximum atomic E-state index is 3.28. The molecule has 24 heavy (non-hydrogen) atoms. The van der Waals surface area contributed by atoms with Crippen LogP contribution in [0.2, 0.25) is 0 Å². The summed E-state index contributed by atoms with van der Waals surface area (Å²) in [6, 6.07) is 21.1. The fourth-order valence-electron chi connectivity index (χ4n) is 2.48. The summed E-state index contributed by atoms with van der Waals surface area (Å²) in [6.07, 6.45) is 5.24. The Morgan fingerprint density at radius 3 is 1.42 bits per heavy atom. The zero-order chi connectivity index (χ0) is 17.3. The zero-order valence-corrected chi connectivity index (χ0v) is 15.4. The van der Waals surface area contributed by atoms with Crippen molar-refractivity contribution in [3.8, 4) is 0 Å². The lowest BCUT2D eigenvalue weighted by molar-refractivity contribution is 0.520. The van der Waals surface area contributed by atoms with Crippen molar-refractivity contribution in [1.82, 2.24) is 10.6 Å². The van der Waals surface area contributed by atoms with Crippen LogP contribution in [0.4, 0.5) is 0 Å². The van der Waals surface area contributed by atoms with Gasteiger partial charge in [-0.2, -0.15) is 0 Å². The Balaban J connectivity index is 0.000000218. The molecule has 0 amide bonds. The Labute approximate surface area is 148 Å². The van der Waals surface area contributed by atoms with Crippen LogP contribution in [0, 0.1) is 0 Å². The fourth-order valence-corrected chi connectivity index (χ4v) is 2.48. The van der Waals surface area contributed by atoms with E-state index >= 15 is 0 Å². The quantitative estimate of drug-likeness (QED) is 0.854. The van der Waals surface area contributed by atoms with E-state index in [-0.39, 0.29) is 0 Å². The molecule has 0 spiro atoms. The number of nitrogens with one attached hydrogen (secondary N) is 2. The van der Waals surface area contributed by atoms with Crippen molar-refractivity contribution in [2.45, 2.75) is 39.5 Å². The van der Waals surface area contributed by atoms with Crippen LogP contribution in [0.1, 0.15) is 44.2 Å². The second kappa shape index (κ2) is 14.9. The van der Waals surface area contributed by atoms with E-state index in [1.54, 1.807) is 0 Å². The van der Waals surface area contributed by atoms with E-state index in [1.807, 2.05) is 0 Å². The van der Waals surface area contributed by atoms with E-state index in [1.165, 1.54) is 43.5 Å². The van der Waals surface area contributed by atoms with Gasteiger partial charge in [0, 0.05) is 0 Å². The summed E-state index contributed by atoms with van der Waals surface area (Å²) in [5.41, 5.74) is 2.74. The summed E-state index contributed by atoms with van der Waals surface area (Å²) < 4.78 is 0. The molecule has 2 aromatic rings. The normalized spacial score (nSPS) is 13.1. The first-order valence-electron chi connectivity index (χ1n) is 9.36. The number of piperidine rings is 1. The van der Waals surface area contributed by atoms with Crippen LogP contribution >= 0.6 is 0 Å². The minimum Gasteiger partial charge on any atom is -0.317 e. The Kier molecular flexibility index (Phi) is 12.7. The molecule has 0 atom stereocenters. The smallest absolute Gasteiger partial charge is 0.00258 e. The lowest BCUT2D eigenvalue weighted by Gasteiger charge is -2.08. The van der Waals surface area contributed by atoms with Gasteiger partial charge < -0.3 is 10.6 Å². The van der Waals surface area contributed by atoms with Crippen LogP contribution in [-0.2, 0) is 6.42 Å². The molecular weight excluding hydrogens is 292 g/mol. The largest absolute Gasteiger partial charge is 0.317 e. The topological polar surface area (TPSA) is 24.1 Å². The van der Waals surface area contributed by atoms with Gasteiger partial charge in [0.2, 0.25) is 0 Å². The Hall–Kier alpha value is -1.64. The maximum Gasteiger partial charge on any atom is -0.00258 e. The monoisotopic (exact) mass is 326 g/mol. The molecule has 2 aromatic carbocycles. The molecular formula is C22H34N2. The van der Waals surface area contributed by atoms with E-state index in [2.05, 4.69) is 85.1 Å². The Morgan fingerprint density at radius 1 is 0.708 bits per heavy atom. The number of hydrogen-bond acceptors (Lipinski definition) is 2. The van der Waals surface area contributed by atoms with Gasteiger partial charge in [-0.3, -0.25) is 0 Å². The van der Waals surface area contributed by atoms with Crippen molar-refractivity contribution in [2.75, 3.05) is 26.2 Å². The molecule has 0 aliphatic carbocycles. The first-order valence-corrected chi connectivity index (χ1v) is 9.36. The second-order valence-electron chi connectivity index (χ2n) is 5.92. The summed E-state index contributed by atoms with van der Waals surface area (Å²) in [5.74, 6) is 0. The van der Waals surface area contributed by atoms with Gasteiger partial charge in [0.25, 0.3) is 0 Å². The third kappa shape index (κ3) is 11.0. The minimum absolute atomic E-state index is 1.03. The van der Waals surface area contributed by atoms with Crippen molar-refractivity contribution in [3.63, 3.8) is 0 Å². The van der Waals surface area contributed by atoms with Gasteiger partial charge >= 0.3 is 0 Å². The molecule has 1 aliphatic rings. The average molecular weight is 327 g/mol. The van der Waals surface area contributed by atoms with Gasteiger partial charge in [-0.25, -0.2) is 0 Å². The molecule has 1 fully saturated rings. The SMILES string of the molecule is C1CCNCC1.CCNCC.c1ccc(Cc2ccccc2)cc1. The van der Waals surface area contributed by atoms with Crippen LogP contribution < -0.4 is 10.6 Å². The van der Waals surface area contributed by atoms with Crippen molar-refractivity contribution in [3.05, 3.63) is 71.8 Å². The van der Waals surface area contributed by atoms with Crippen molar-refractivity contribution >= 4 is 0 Å². The van der Waals surface area contributed by atoms with Crippen molar-refractivity contribution in [2.24, 2.45) is 0 Å². The van der Waals surface area contributed by atoms with Crippen LogP contribution in [0.25, 0.3) is 0 Å². The fraction of sp³-hybridized carbons (Fsp3) is 0.455. The summed E-state index contributed by atoms with van der Waals surface area (Å²) in [4.78, 5) is 0. The highest BCUT2D eigenvalue weighted by Crippen LogP contribution is 2.07. The van der Waals surface area contributed by atoms with Gasteiger partial charge in [-0.15, -0.1) is 0 Å². The van der Waals surface area contributed by atoms with Gasteiger partial charge in [-0.05, 0) is 56.6 Å². The highest BCUT2D eigenvalue weighted by atomic mass is 14.9.